The molecule has 2 heterocycles. The molecule has 34 heavy (non-hydrogen) atoms. The summed E-state index contributed by atoms with van der Waals surface area (Å²) in [6, 6.07) is 8.87. The number of anilines is 1. The molecule has 0 N–H and O–H groups in total. The highest BCUT2D eigenvalue weighted by Gasteiger charge is 2.32. The Kier molecular flexibility index (Phi) is 7.27. The molecule has 1 aliphatic heterocycles. The molecule has 1 aliphatic rings. The van der Waals surface area contributed by atoms with Crippen LogP contribution in [0.2, 0.25) is 0 Å². The predicted octanol–water partition coefficient (Wildman–Crippen LogP) is 4.34. The van der Waals surface area contributed by atoms with Gasteiger partial charge < -0.3 is 19.1 Å². The summed E-state index contributed by atoms with van der Waals surface area (Å²) in [4.78, 5) is 7.08. The van der Waals surface area contributed by atoms with Crippen molar-refractivity contribution in [3.05, 3.63) is 58.9 Å². The summed E-state index contributed by atoms with van der Waals surface area (Å²) in [6.07, 6.45) is 1.60. The Labute approximate surface area is 203 Å². The fourth-order valence-electron chi connectivity index (χ4n) is 4.14. The second kappa shape index (κ2) is 10.2. The standard InChI is InChI=1S/C24H27FN2O5S2/c1-30-21-13-16(14-22(31-2)23(21)32-3)12-18-15-33-24(26-18)27-10-8-20(9-11-27)34(28,29)19-6-4-17(25)5-7-19/h4-7,13-15,20H,8-12H2,1-3H3. The first kappa shape index (κ1) is 24.3. The van der Waals surface area contributed by atoms with Gasteiger partial charge in [0.25, 0.3) is 0 Å². The summed E-state index contributed by atoms with van der Waals surface area (Å²) in [5.74, 6) is 1.29. The number of nitrogens with zero attached hydrogens (tertiary/aromatic N) is 2. The molecule has 0 amide bonds. The van der Waals surface area contributed by atoms with Crippen LogP contribution in [0.5, 0.6) is 17.2 Å². The highest BCUT2D eigenvalue weighted by Crippen LogP contribution is 2.39. The van der Waals surface area contributed by atoms with Crippen molar-refractivity contribution in [1.29, 1.82) is 0 Å². The van der Waals surface area contributed by atoms with Gasteiger partial charge in [-0.25, -0.2) is 17.8 Å². The summed E-state index contributed by atoms with van der Waals surface area (Å²) in [5.41, 5.74) is 1.89. The van der Waals surface area contributed by atoms with E-state index in [2.05, 4.69) is 4.90 Å². The summed E-state index contributed by atoms with van der Waals surface area (Å²) in [5, 5.41) is 2.41. The predicted molar refractivity (Wildman–Crippen MR) is 130 cm³/mol. The number of piperidine rings is 1. The van der Waals surface area contributed by atoms with Crippen LogP contribution in [0.15, 0.2) is 46.7 Å². The minimum Gasteiger partial charge on any atom is -0.493 e. The summed E-state index contributed by atoms with van der Waals surface area (Å²) in [7, 11) is 1.26. The highest BCUT2D eigenvalue weighted by atomic mass is 32.2. The number of thiazole rings is 1. The molecule has 3 aromatic rings. The number of halogens is 1. The van der Waals surface area contributed by atoms with E-state index >= 15 is 0 Å². The Morgan fingerprint density at radius 1 is 1.03 bits per heavy atom. The molecular formula is C24H27FN2O5S2. The van der Waals surface area contributed by atoms with E-state index in [0.29, 0.717) is 49.6 Å². The van der Waals surface area contributed by atoms with Gasteiger partial charge in [0, 0.05) is 24.9 Å². The van der Waals surface area contributed by atoms with E-state index in [4.69, 9.17) is 19.2 Å². The molecule has 7 nitrogen and oxygen atoms in total. The third kappa shape index (κ3) is 4.97. The van der Waals surface area contributed by atoms with E-state index in [9.17, 15) is 12.8 Å². The van der Waals surface area contributed by atoms with Gasteiger partial charge in [0.15, 0.2) is 26.5 Å². The largest absolute Gasteiger partial charge is 0.493 e. The maximum Gasteiger partial charge on any atom is 0.203 e. The number of hydrogen-bond acceptors (Lipinski definition) is 8. The monoisotopic (exact) mass is 506 g/mol. The third-order valence-corrected chi connectivity index (χ3v) is 9.17. The summed E-state index contributed by atoms with van der Waals surface area (Å²) in [6.45, 7) is 1.20. The first-order valence-electron chi connectivity index (χ1n) is 10.8. The normalized spacial score (nSPS) is 14.8. The van der Waals surface area contributed by atoms with E-state index < -0.39 is 20.9 Å². The molecular weight excluding hydrogens is 479 g/mol. The summed E-state index contributed by atoms with van der Waals surface area (Å²) >= 11 is 1.55. The molecule has 2 aromatic carbocycles. The number of benzene rings is 2. The van der Waals surface area contributed by atoms with Crippen molar-refractivity contribution in [1.82, 2.24) is 4.98 Å². The van der Waals surface area contributed by atoms with E-state index in [1.54, 1.807) is 32.7 Å². The molecule has 10 heteroatoms. The van der Waals surface area contributed by atoms with Crippen molar-refractivity contribution in [3.63, 3.8) is 0 Å². The zero-order valence-corrected chi connectivity index (χ0v) is 20.9. The van der Waals surface area contributed by atoms with E-state index in [-0.39, 0.29) is 4.90 Å². The van der Waals surface area contributed by atoms with Gasteiger partial charge >= 0.3 is 0 Å². The molecule has 1 aromatic heterocycles. The number of sulfone groups is 1. The van der Waals surface area contributed by atoms with Crippen LogP contribution in [-0.4, -0.2) is 53.1 Å². The van der Waals surface area contributed by atoms with Crippen molar-refractivity contribution in [2.45, 2.75) is 29.4 Å². The van der Waals surface area contributed by atoms with Crippen LogP contribution in [0, 0.1) is 5.82 Å². The minimum atomic E-state index is -3.48. The second-order valence-corrected chi connectivity index (χ2v) is 11.1. The van der Waals surface area contributed by atoms with Crippen LogP contribution >= 0.6 is 11.3 Å². The zero-order valence-electron chi connectivity index (χ0n) is 19.3. The molecule has 0 atom stereocenters. The van der Waals surface area contributed by atoms with Crippen LogP contribution in [0.1, 0.15) is 24.1 Å². The average Bonchev–Trinajstić information content (AvgIpc) is 3.32. The van der Waals surface area contributed by atoms with E-state index in [1.807, 2.05) is 17.5 Å². The second-order valence-electron chi connectivity index (χ2n) is 8.02. The third-order valence-electron chi connectivity index (χ3n) is 5.94. The molecule has 0 spiro atoms. The zero-order chi connectivity index (χ0) is 24.3. The lowest BCUT2D eigenvalue weighted by atomic mass is 10.1. The van der Waals surface area contributed by atoms with Crippen LogP contribution in [0.4, 0.5) is 9.52 Å². The van der Waals surface area contributed by atoms with Crippen LogP contribution in [-0.2, 0) is 16.3 Å². The van der Waals surface area contributed by atoms with Crippen molar-refractivity contribution >= 4 is 26.3 Å². The quantitative estimate of drug-likeness (QED) is 0.421. The van der Waals surface area contributed by atoms with Gasteiger partial charge in [0.1, 0.15) is 5.82 Å². The Morgan fingerprint density at radius 3 is 2.21 bits per heavy atom. The molecule has 0 aliphatic carbocycles. The van der Waals surface area contributed by atoms with Crippen molar-refractivity contribution in [3.8, 4) is 17.2 Å². The van der Waals surface area contributed by atoms with Gasteiger partial charge in [0.05, 0.1) is 37.2 Å². The lowest BCUT2D eigenvalue weighted by Gasteiger charge is -2.31. The van der Waals surface area contributed by atoms with Crippen molar-refractivity contribution < 1.29 is 27.0 Å². The maximum atomic E-state index is 13.2. The van der Waals surface area contributed by atoms with Crippen LogP contribution in [0.25, 0.3) is 0 Å². The maximum absolute atomic E-state index is 13.2. The molecule has 0 saturated carbocycles. The van der Waals surface area contributed by atoms with Gasteiger partial charge in [-0.2, -0.15) is 0 Å². The highest BCUT2D eigenvalue weighted by molar-refractivity contribution is 7.92. The van der Waals surface area contributed by atoms with Crippen LogP contribution < -0.4 is 19.1 Å². The number of ether oxygens (including phenoxy) is 3. The Morgan fingerprint density at radius 2 is 1.65 bits per heavy atom. The average molecular weight is 507 g/mol. The molecule has 182 valence electrons. The molecule has 0 unspecified atom stereocenters. The van der Waals surface area contributed by atoms with Gasteiger partial charge in [-0.1, -0.05) is 0 Å². The van der Waals surface area contributed by atoms with Gasteiger partial charge in [-0.3, -0.25) is 0 Å². The molecule has 4 rings (SSSR count). The molecule has 1 saturated heterocycles. The fourth-order valence-corrected chi connectivity index (χ4v) is 6.75. The fraction of sp³-hybridized carbons (Fsp3) is 0.375. The Balaban J connectivity index is 1.42. The van der Waals surface area contributed by atoms with Gasteiger partial charge in [-0.15, -0.1) is 11.3 Å². The molecule has 0 radical (unpaired) electrons. The minimum absolute atomic E-state index is 0.175. The number of rotatable bonds is 8. The van der Waals surface area contributed by atoms with Crippen LogP contribution in [0.3, 0.4) is 0 Å². The number of aromatic nitrogens is 1. The van der Waals surface area contributed by atoms with E-state index in [1.165, 1.54) is 24.3 Å². The first-order chi connectivity index (χ1) is 16.3. The first-order valence-corrected chi connectivity index (χ1v) is 13.3. The van der Waals surface area contributed by atoms with Crippen molar-refractivity contribution in [2.75, 3.05) is 39.3 Å². The summed E-state index contributed by atoms with van der Waals surface area (Å²) < 4.78 is 55.3. The topological polar surface area (TPSA) is 78.0 Å². The lowest BCUT2D eigenvalue weighted by molar-refractivity contribution is 0.324. The Bertz CT molecular complexity index is 1210. The number of methoxy groups -OCH3 is 3. The number of hydrogen-bond donors (Lipinski definition) is 0. The van der Waals surface area contributed by atoms with E-state index in [0.717, 1.165) is 16.4 Å². The smallest absolute Gasteiger partial charge is 0.203 e. The lowest BCUT2D eigenvalue weighted by Crippen LogP contribution is -2.39. The molecule has 0 bridgehead atoms. The SMILES string of the molecule is COc1cc(Cc2csc(N3CCC(S(=O)(=O)c4ccc(F)cc4)CC3)n2)cc(OC)c1OC. The van der Waals surface area contributed by atoms with Gasteiger partial charge in [-0.05, 0) is 54.8 Å². The Hall–Kier alpha value is -2.85. The molecule has 1 fully saturated rings. The van der Waals surface area contributed by atoms with Gasteiger partial charge in [0.2, 0.25) is 5.75 Å². The van der Waals surface area contributed by atoms with Crippen molar-refractivity contribution in [2.24, 2.45) is 0 Å².